The Morgan fingerprint density at radius 2 is 1.26 bits per heavy atom. The van der Waals surface area contributed by atoms with Crippen LogP contribution in [-0.2, 0) is 18.6 Å². The van der Waals surface area contributed by atoms with Gasteiger partial charge in [-0.05, 0) is 55.4 Å². The molecular weight excluding hydrogens is 342 g/mol. The first-order valence-electron chi connectivity index (χ1n) is 9.51. The lowest BCUT2D eigenvalue weighted by molar-refractivity contribution is 0.00578. The molecule has 0 atom stereocenters. The Balaban J connectivity index is 1.69. The van der Waals surface area contributed by atoms with Crippen LogP contribution in [0.4, 0.5) is 0 Å². The van der Waals surface area contributed by atoms with Crippen molar-refractivity contribution in [3.63, 3.8) is 0 Å². The summed E-state index contributed by atoms with van der Waals surface area (Å²) in [6.45, 7) is 16.4. The van der Waals surface area contributed by atoms with Gasteiger partial charge in [-0.2, -0.15) is 0 Å². The molecule has 1 N–H and O–H groups in total. The number of H-pyrrole nitrogens is 1. The summed E-state index contributed by atoms with van der Waals surface area (Å²) in [6.07, 6.45) is 3.71. The van der Waals surface area contributed by atoms with Crippen molar-refractivity contribution in [3.8, 4) is 0 Å². The molecule has 0 aromatic carbocycles. The van der Waals surface area contributed by atoms with Crippen LogP contribution in [0.25, 0.3) is 11.0 Å². The minimum absolute atomic E-state index is 0.390. The van der Waals surface area contributed by atoms with E-state index in [1.54, 1.807) is 6.20 Å². The average Bonchev–Trinajstić information content (AvgIpc) is 3.10. The lowest BCUT2D eigenvalue weighted by Gasteiger charge is -2.32. The SMILES string of the molecule is CC1(C)OB(c2cnc3[nH]cc(B4OC(C)(C)C(C)(C)O4)c3c2)OC1(C)C. The third-order valence-electron chi connectivity index (χ3n) is 6.62. The van der Waals surface area contributed by atoms with E-state index in [9.17, 15) is 0 Å². The second kappa shape index (κ2) is 5.60. The van der Waals surface area contributed by atoms with Crippen LogP contribution in [0.15, 0.2) is 18.5 Å². The molecule has 0 aliphatic carbocycles. The van der Waals surface area contributed by atoms with Gasteiger partial charge in [-0.15, -0.1) is 0 Å². The molecule has 0 bridgehead atoms. The Morgan fingerprint density at radius 1 is 0.778 bits per heavy atom. The Kier molecular flexibility index (Phi) is 3.94. The van der Waals surface area contributed by atoms with Gasteiger partial charge in [0.1, 0.15) is 5.65 Å². The third kappa shape index (κ3) is 2.85. The minimum atomic E-state index is -0.451. The molecule has 144 valence electrons. The number of fused-ring (bicyclic) bond motifs is 1. The van der Waals surface area contributed by atoms with Crippen LogP contribution in [0, 0.1) is 0 Å². The van der Waals surface area contributed by atoms with Crippen LogP contribution in [-0.4, -0.2) is 46.6 Å². The number of nitrogens with one attached hydrogen (secondary N) is 1. The summed E-state index contributed by atoms with van der Waals surface area (Å²) in [7, 11) is -0.896. The zero-order valence-electron chi connectivity index (χ0n) is 17.5. The normalized spacial score (nSPS) is 25.5. The van der Waals surface area contributed by atoms with Gasteiger partial charge in [0.05, 0.1) is 22.4 Å². The smallest absolute Gasteiger partial charge is 0.399 e. The fraction of sp³-hybridized carbons (Fsp3) is 0.632. The number of rotatable bonds is 2. The quantitative estimate of drug-likeness (QED) is 0.821. The molecule has 4 heterocycles. The van der Waals surface area contributed by atoms with Gasteiger partial charge in [0.25, 0.3) is 0 Å². The highest BCUT2D eigenvalue weighted by atomic mass is 16.7. The highest BCUT2D eigenvalue weighted by molar-refractivity contribution is 6.66. The maximum absolute atomic E-state index is 6.22. The summed E-state index contributed by atoms with van der Waals surface area (Å²) >= 11 is 0. The van der Waals surface area contributed by atoms with Gasteiger partial charge < -0.3 is 23.6 Å². The molecule has 0 saturated carbocycles. The van der Waals surface area contributed by atoms with Crippen molar-refractivity contribution in [3.05, 3.63) is 18.5 Å². The average molecular weight is 370 g/mol. The minimum Gasteiger partial charge on any atom is -0.399 e. The summed E-state index contributed by atoms with van der Waals surface area (Å²) in [5.41, 5.74) is 1.06. The molecular formula is C19H28B2N2O4. The van der Waals surface area contributed by atoms with E-state index in [0.717, 1.165) is 22.0 Å². The van der Waals surface area contributed by atoms with E-state index in [0.29, 0.717) is 0 Å². The highest BCUT2D eigenvalue weighted by Gasteiger charge is 2.53. The van der Waals surface area contributed by atoms with Crippen molar-refractivity contribution in [1.82, 2.24) is 9.97 Å². The van der Waals surface area contributed by atoms with Gasteiger partial charge >= 0.3 is 14.2 Å². The molecule has 8 heteroatoms. The van der Waals surface area contributed by atoms with Gasteiger partial charge in [0.15, 0.2) is 0 Å². The molecule has 0 unspecified atom stereocenters. The number of nitrogens with zero attached hydrogens (tertiary/aromatic N) is 1. The third-order valence-corrected chi connectivity index (χ3v) is 6.62. The second-order valence-corrected chi connectivity index (χ2v) is 9.59. The van der Waals surface area contributed by atoms with E-state index >= 15 is 0 Å². The Hall–Kier alpha value is -1.34. The maximum atomic E-state index is 6.22. The molecule has 4 rings (SSSR count). The molecule has 2 aliphatic heterocycles. The van der Waals surface area contributed by atoms with Crippen LogP contribution in [0.5, 0.6) is 0 Å². The predicted molar refractivity (Wildman–Crippen MR) is 108 cm³/mol. The Morgan fingerprint density at radius 3 is 1.78 bits per heavy atom. The summed E-state index contributed by atoms with van der Waals surface area (Å²) in [4.78, 5) is 7.78. The lowest BCUT2D eigenvalue weighted by atomic mass is 9.76. The Bertz CT molecular complexity index is 859. The van der Waals surface area contributed by atoms with Crippen LogP contribution in [0.2, 0.25) is 0 Å². The summed E-state index contributed by atoms with van der Waals surface area (Å²) < 4.78 is 24.8. The number of aromatic amines is 1. The van der Waals surface area contributed by atoms with E-state index in [1.165, 1.54) is 0 Å². The molecule has 6 nitrogen and oxygen atoms in total. The molecule has 2 saturated heterocycles. The van der Waals surface area contributed by atoms with Crippen molar-refractivity contribution >= 4 is 36.2 Å². The lowest BCUT2D eigenvalue weighted by Crippen LogP contribution is -2.41. The van der Waals surface area contributed by atoms with Crippen LogP contribution >= 0.6 is 0 Å². The first-order chi connectivity index (χ1) is 12.3. The van der Waals surface area contributed by atoms with E-state index in [4.69, 9.17) is 18.6 Å². The van der Waals surface area contributed by atoms with Crippen molar-refractivity contribution in [2.45, 2.75) is 77.8 Å². The first-order valence-corrected chi connectivity index (χ1v) is 9.51. The van der Waals surface area contributed by atoms with Crippen molar-refractivity contribution in [2.24, 2.45) is 0 Å². The number of aromatic nitrogens is 2. The molecule has 2 aromatic heterocycles. The van der Waals surface area contributed by atoms with E-state index < -0.39 is 25.4 Å². The monoisotopic (exact) mass is 370 g/mol. The van der Waals surface area contributed by atoms with E-state index in [2.05, 4.69) is 43.7 Å². The molecule has 2 fully saturated rings. The fourth-order valence-electron chi connectivity index (χ4n) is 3.31. The van der Waals surface area contributed by atoms with Crippen LogP contribution in [0.1, 0.15) is 55.4 Å². The highest BCUT2D eigenvalue weighted by Crippen LogP contribution is 2.38. The topological polar surface area (TPSA) is 65.6 Å². The standard InChI is InChI=1S/C19H28B2N2O4/c1-16(2)17(3,4)25-20(24-16)12-9-13-14(11-23-15(13)22-10-12)21-26-18(5,6)19(7,8)27-21/h9-11H,1-8H3,(H,22,23). The molecule has 27 heavy (non-hydrogen) atoms. The van der Waals surface area contributed by atoms with Gasteiger partial charge in [0.2, 0.25) is 0 Å². The molecule has 0 spiro atoms. The van der Waals surface area contributed by atoms with Crippen LogP contribution in [0.3, 0.4) is 0 Å². The molecule has 2 aromatic rings. The zero-order chi connectivity index (χ0) is 19.8. The number of hydrogen-bond donors (Lipinski definition) is 1. The fourth-order valence-corrected chi connectivity index (χ4v) is 3.31. The number of hydrogen-bond acceptors (Lipinski definition) is 5. The molecule has 0 amide bonds. The number of pyridine rings is 1. The summed E-state index contributed by atoms with van der Waals surface area (Å²) in [5, 5.41) is 0.959. The molecule has 0 radical (unpaired) electrons. The summed E-state index contributed by atoms with van der Waals surface area (Å²) in [5.74, 6) is 0. The van der Waals surface area contributed by atoms with Gasteiger partial charge in [0, 0.05) is 28.7 Å². The van der Waals surface area contributed by atoms with Crippen molar-refractivity contribution in [1.29, 1.82) is 0 Å². The van der Waals surface area contributed by atoms with Gasteiger partial charge in [-0.25, -0.2) is 4.98 Å². The largest absolute Gasteiger partial charge is 0.497 e. The second-order valence-electron chi connectivity index (χ2n) is 9.59. The molecule has 2 aliphatic rings. The van der Waals surface area contributed by atoms with Gasteiger partial charge in [-0.1, -0.05) is 6.07 Å². The first kappa shape index (κ1) is 19.0. The van der Waals surface area contributed by atoms with E-state index in [-0.39, 0.29) is 11.2 Å². The zero-order valence-corrected chi connectivity index (χ0v) is 17.5. The van der Waals surface area contributed by atoms with Crippen molar-refractivity contribution in [2.75, 3.05) is 0 Å². The Labute approximate surface area is 161 Å². The predicted octanol–water partition coefficient (Wildman–Crippen LogP) is 2.16. The summed E-state index contributed by atoms with van der Waals surface area (Å²) in [6, 6.07) is 2.06. The maximum Gasteiger partial charge on any atom is 0.497 e. The van der Waals surface area contributed by atoms with E-state index in [1.807, 2.05) is 33.9 Å². The van der Waals surface area contributed by atoms with Crippen molar-refractivity contribution < 1.29 is 18.6 Å². The van der Waals surface area contributed by atoms with Crippen LogP contribution < -0.4 is 10.9 Å². The van der Waals surface area contributed by atoms with Gasteiger partial charge in [-0.3, -0.25) is 0 Å².